The zero-order chi connectivity index (χ0) is 29.6. The summed E-state index contributed by atoms with van der Waals surface area (Å²) in [7, 11) is 0. The van der Waals surface area contributed by atoms with Crippen molar-refractivity contribution in [3.63, 3.8) is 0 Å². The van der Waals surface area contributed by atoms with E-state index in [1.165, 1.54) is 19.2 Å². The molecule has 5 rings (SSSR count). The third-order valence-corrected chi connectivity index (χ3v) is 7.67. The van der Waals surface area contributed by atoms with Crippen LogP contribution in [0.1, 0.15) is 67.3 Å². The maximum atomic E-state index is 15.1. The van der Waals surface area contributed by atoms with Crippen LogP contribution in [0.5, 0.6) is 0 Å². The lowest BCUT2D eigenvalue weighted by molar-refractivity contribution is -0.612. The second kappa shape index (κ2) is 10.7. The number of rotatable bonds is 9. The van der Waals surface area contributed by atoms with Crippen LogP contribution >= 0.6 is 0 Å². The fraction of sp³-hybridized carbons (Fsp3) is 0.464. The molecular formula is C28H30F4N6O3. The molecule has 2 amide bonds. The molecule has 3 heterocycles. The highest BCUT2D eigenvalue weighted by Gasteiger charge is 2.48. The highest BCUT2D eigenvalue weighted by molar-refractivity contribution is 6.00. The molecule has 0 radical (unpaired) electrons. The number of alkyl halides is 3. The fourth-order valence-corrected chi connectivity index (χ4v) is 5.32. The molecule has 218 valence electrons. The van der Waals surface area contributed by atoms with E-state index in [4.69, 9.17) is 0 Å². The van der Waals surface area contributed by atoms with E-state index in [0.717, 1.165) is 31.7 Å². The first-order chi connectivity index (χ1) is 19.3. The van der Waals surface area contributed by atoms with E-state index < -0.39 is 35.5 Å². The molecule has 0 bridgehead atoms. The third kappa shape index (κ3) is 6.03. The Morgan fingerprint density at radius 1 is 1.10 bits per heavy atom. The average molecular weight is 575 g/mol. The normalized spacial score (nSPS) is 16.2. The first kappa shape index (κ1) is 28.5. The van der Waals surface area contributed by atoms with E-state index in [1.54, 1.807) is 10.7 Å². The molecule has 2 fully saturated rings. The maximum Gasteiger partial charge on any atom is 0.422 e. The summed E-state index contributed by atoms with van der Waals surface area (Å²) >= 11 is 0. The molecule has 2 saturated carbocycles. The van der Waals surface area contributed by atoms with Gasteiger partial charge in [0.05, 0.1) is 5.56 Å². The van der Waals surface area contributed by atoms with Crippen LogP contribution in [0.2, 0.25) is 0 Å². The minimum absolute atomic E-state index is 0.0295. The van der Waals surface area contributed by atoms with Crippen LogP contribution in [0.25, 0.3) is 11.1 Å². The molecule has 13 heteroatoms. The molecule has 0 spiro atoms. The monoisotopic (exact) mass is 574 g/mol. The van der Waals surface area contributed by atoms with E-state index >= 15 is 4.39 Å². The number of carbonyl (C=O) groups excluding carboxylic acids is 2. The van der Waals surface area contributed by atoms with Crippen LogP contribution in [-0.2, 0) is 11.0 Å². The van der Waals surface area contributed by atoms with Crippen molar-refractivity contribution >= 4 is 17.6 Å². The summed E-state index contributed by atoms with van der Waals surface area (Å²) in [6.07, 6.45) is 0.878. The number of halogens is 4. The Bertz CT molecular complexity index is 1470. The molecule has 0 aromatic carbocycles. The van der Waals surface area contributed by atoms with Gasteiger partial charge in [-0.25, -0.2) is 4.98 Å². The topological polar surface area (TPSA) is 116 Å². The number of nitrogens with zero attached hydrogens (tertiary/aromatic N) is 4. The fourth-order valence-electron chi connectivity index (χ4n) is 5.32. The third-order valence-electron chi connectivity index (χ3n) is 7.67. The number of pyridine rings is 2. The summed E-state index contributed by atoms with van der Waals surface area (Å²) in [5.74, 6) is -1.89. The first-order valence-corrected chi connectivity index (χ1v) is 13.5. The summed E-state index contributed by atoms with van der Waals surface area (Å²) in [4.78, 5) is 30.6. The molecule has 2 N–H and O–H groups in total. The SMILES string of the molecule is Cc1c(-c2ccc(NC(=O)[C@@H](NC(=O)c3ccnn3C(C)C)C(C3CC3)C3CC3)nc2F)cc(C(F)(F)F)c[n+]1[O-]. The number of hydrogen-bond donors (Lipinski definition) is 2. The molecule has 0 aliphatic heterocycles. The molecule has 41 heavy (non-hydrogen) atoms. The smallest absolute Gasteiger partial charge is 0.422 e. The predicted octanol–water partition coefficient (Wildman–Crippen LogP) is 4.80. The highest BCUT2D eigenvalue weighted by Crippen LogP contribution is 2.51. The Labute approximate surface area is 233 Å². The summed E-state index contributed by atoms with van der Waals surface area (Å²) < 4.78 is 56.5. The standard InChI is InChI=1S/C28H30F4N6O3/c1-14(2)38-21(10-11-33-38)26(39)36-24(23(16-4-5-16)17-6-7-17)27(40)35-22-9-8-19(25(29)34-22)20-12-18(28(30,31)32)13-37(41)15(20)3/h8-14,16-17,23-24H,4-7H2,1-3H3,(H,36,39)(H,34,35,40)/t24-/m0/s1. The van der Waals surface area contributed by atoms with Crippen LogP contribution in [0.15, 0.2) is 36.7 Å². The molecule has 2 aliphatic carbocycles. The van der Waals surface area contributed by atoms with Gasteiger partial charge < -0.3 is 15.8 Å². The summed E-state index contributed by atoms with van der Waals surface area (Å²) in [5, 5.41) is 21.7. The molecule has 3 aromatic heterocycles. The van der Waals surface area contributed by atoms with Gasteiger partial charge in [0.1, 0.15) is 23.1 Å². The van der Waals surface area contributed by atoms with Gasteiger partial charge in [-0.15, -0.1) is 0 Å². The minimum Gasteiger partial charge on any atom is -0.618 e. The van der Waals surface area contributed by atoms with E-state index in [0.29, 0.717) is 18.0 Å². The van der Waals surface area contributed by atoms with Gasteiger partial charge in [0.15, 0.2) is 11.9 Å². The molecule has 0 saturated heterocycles. The second-order valence-electron chi connectivity index (χ2n) is 11.0. The van der Waals surface area contributed by atoms with Crippen molar-refractivity contribution in [2.45, 2.75) is 64.7 Å². The predicted molar refractivity (Wildman–Crippen MR) is 140 cm³/mol. The average Bonchev–Trinajstić information content (AvgIpc) is 3.84. The van der Waals surface area contributed by atoms with Crippen LogP contribution in [0.3, 0.4) is 0 Å². The lowest BCUT2D eigenvalue weighted by Gasteiger charge is -2.27. The molecule has 9 nitrogen and oxygen atoms in total. The lowest BCUT2D eigenvalue weighted by atomic mass is 9.88. The van der Waals surface area contributed by atoms with Gasteiger partial charge in [0.25, 0.3) is 5.91 Å². The van der Waals surface area contributed by atoms with Crippen LogP contribution in [0, 0.1) is 35.8 Å². The van der Waals surface area contributed by atoms with Crippen molar-refractivity contribution in [2.24, 2.45) is 17.8 Å². The Balaban J connectivity index is 1.41. The number of nitrogens with one attached hydrogen (secondary N) is 2. The van der Waals surface area contributed by atoms with Crippen LogP contribution in [0.4, 0.5) is 23.4 Å². The van der Waals surface area contributed by atoms with E-state index in [2.05, 4.69) is 20.7 Å². The molecule has 2 aliphatic rings. The van der Waals surface area contributed by atoms with Gasteiger partial charge in [-0.1, -0.05) is 0 Å². The summed E-state index contributed by atoms with van der Waals surface area (Å²) in [5.41, 5.74) is -1.66. The summed E-state index contributed by atoms with van der Waals surface area (Å²) in [6, 6.07) is 3.68. The second-order valence-corrected chi connectivity index (χ2v) is 11.0. The number of hydrogen-bond acceptors (Lipinski definition) is 5. The minimum atomic E-state index is -4.81. The number of carbonyl (C=O) groups is 2. The Morgan fingerprint density at radius 2 is 1.76 bits per heavy atom. The number of amides is 2. The first-order valence-electron chi connectivity index (χ1n) is 13.5. The maximum absolute atomic E-state index is 15.1. The highest BCUT2D eigenvalue weighted by atomic mass is 19.4. The van der Waals surface area contributed by atoms with Crippen LogP contribution < -0.4 is 15.4 Å². The van der Waals surface area contributed by atoms with Gasteiger partial charge in [-0.2, -0.15) is 27.4 Å². The van der Waals surface area contributed by atoms with Crippen molar-refractivity contribution in [3.8, 4) is 11.1 Å². The largest absolute Gasteiger partial charge is 0.618 e. The molecular weight excluding hydrogens is 544 g/mol. The van der Waals surface area contributed by atoms with Crippen molar-refractivity contribution in [1.82, 2.24) is 20.1 Å². The van der Waals surface area contributed by atoms with Gasteiger partial charge in [-0.05, 0) is 81.5 Å². The Hall–Kier alpha value is -4.03. The Morgan fingerprint density at radius 3 is 2.32 bits per heavy atom. The quantitative estimate of drug-likeness (QED) is 0.165. The lowest BCUT2D eigenvalue weighted by Crippen LogP contribution is -2.50. The van der Waals surface area contributed by atoms with E-state index in [1.807, 2.05) is 13.8 Å². The zero-order valence-corrected chi connectivity index (χ0v) is 22.7. The number of anilines is 1. The van der Waals surface area contributed by atoms with Crippen molar-refractivity contribution < 1.29 is 31.9 Å². The van der Waals surface area contributed by atoms with Gasteiger partial charge >= 0.3 is 6.18 Å². The molecule has 1 atom stereocenters. The van der Waals surface area contributed by atoms with Crippen molar-refractivity contribution in [3.05, 3.63) is 64.8 Å². The Kier molecular flexibility index (Phi) is 7.47. The molecule has 0 unspecified atom stereocenters. The van der Waals surface area contributed by atoms with Gasteiger partial charge in [0, 0.05) is 24.7 Å². The molecule has 3 aromatic rings. The van der Waals surface area contributed by atoms with Crippen LogP contribution in [-0.4, -0.2) is 32.6 Å². The number of aromatic nitrogens is 4. The van der Waals surface area contributed by atoms with Crippen molar-refractivity contribution in [2.75, 3.05) is 5.32 Å². The summed E-state index contributed by atoms with van der Waals surface area (Å²) in [6.45, 7) is 5.03. The van der Waals surface area contributed by atoms with E-state index in [9.17, 15) is 28.0 Å². The van der Waals surface area contributed by atoms with E-state index in [-0.39, 0.29) is 51.2 Å². The van der Waals surface area contributed by atoms with Crippen molar-refractivity contribution in [1.29, 1.82) is 0 Å². The zero-order valence-electron chi connectivity index (χ0n) is 22.7. The van der Waals surface area contributed by atoms with Gasteiger partial charge in [-0.3, -0.25) is 14.3 Å². The van der Waals surface area contributed by atoms with Gasteiger partial charge in [0.2, 0.25) is 11.9 Å².